The second kappa shape index (κ2) is 53.6. The Kier molecular flexibility index (Phi) is 50.5. The van der Waals surface area contributed by atoms with Crippen molar-refractivity contribution in [2.75, 3.05) is 19.8 Å². The summed E-state index contributed by atoms with van der Waals surface area (Å²) in [5.41, 5.74) is 0. The van der Waals surface area contributed by atoms with Crippen LogP contribution in [-0.4, -0.2) is 37.9 Å². The average Bonchev–Trinajstić information content (AvgIpc) is 3.30. The SMILES string of the molecule is CC/C=C\C/C=C\C/C=C\C/C=C\C/C=C\CC(=O)OC(COCCCCCC/C=C\C/C=C\C/C=C\CC)COC(=O)CCCCCCCCCCC/C=C\C/C=C\CCCCC. The number of ether oxygens (including phenoxy) is 3. The third kappa shape index (κ3) is 50.9. The predicted molar refractivity (Wildman–Crippen MR) is 279 cm³/mol. The summed E-state index contributed by atoms with van der Waals surface area (Å²) in [6.45, 7) is 7.40. The molecule has 0 saturated carbocycles. The van der Waals surface area contributed by atoms with Crippen molar-refractivity contribution in [3.05, 3.63) is 122 Å². The second-order valence-electron chi connectivity index (χ2n) is 16.7. The molecule has 0 aliphatic rings. The van der Waals surface area contributed by atoms with Crippen LogP contribution in [0.25, 0.3) is 0 Å². The lowest BCUT2D eigenvalue weighted by molar-refractivity contribution is -0.162. The van der Waals surface area contributed by atoms with Crippen LogP contribution in [0.5, 0.6) is 0 Å². The van der Waals surface area contributed by atoms with Gasteiger partial charge in [0.05, 0.1) is 13.0 Å². The number of carbonyl (C=O) groups excluding carboxylic acids is 2. The van der Waals surface area contributed by atoms with Gasteiger partial charge >= 0.3 is 11.9 Å². The van der Waals surface area contributed by atoms with Crippen LogP contribution in [0.15, 0.2) is 122 Å². The summed E-state index contributed by atoms with van der Waals surface area (Å²) in [5.74, 6) is -0.568. The Morgan fingerprint density at radius 1 is 0.375 bits per heavy atom. The number of hydrogen-bond acceptors (Lipinski definition) is 5. The Morgan fingerprint density at radius 2 is 0.750 bits per heavy atom. The Morgan fingerprint density at radius 3 is 1.20 bits per heavy atom. The molecule has 0 saturated heterocycles. The van der Waals surface area contributed by atoms with E-state index in [-0.39, 0.29) is 31.6 Å². The molecule has 0 aromatic carbocycles. The first-order valence-corrected chi connectivity index (χ1v) is 26.1. The lowest BCUT2D eigenvalue weighted by Gasteiger charge is -2.18. The van der Waals surface area contributed by atoms with Gasteiger partial charge in [-0.1, -0.05) is 213 Å². The quantitative estimate of drug-likeness (QED) is 0.0346. The van der Waals surface area contributed by atoms with E-state index in [4.69, 9.17) is 14.2 Å². The molecule has 0 heterocycles. The van der Waals surface area contributed by atoms with Crippen molar-refractivity contribution in [1.82, 2.24) is 0 Å². The third-order valence-electron chi connectivity index (χ3n) is 10.5. The summed E-state index contributed by atoms with van der Waals surface area (Å²) >= 11 is 0. The van der Waals surface area contributed by atoms with E-state index in [2.05, 4.69) is 130 Å². The molecule has 64 heavy (non-hydrogen) atoms. The third-order valence-corrected chi connectivity index (χ3v) is 10.5. The monoisotopic (exact) mass is 885 g/mol. The van der Waals surface area contributed by atoms with Crippen LogP contribution in [0.3, 0.4) is 0 Å². The minimum Gasteiger partial charge on any atom is -0.462 e. The summed E-state index contributed by atoms with van der Waals surface area (Å²) in [5, 5.41) is 0. The molecule has 0 N–H and O–H groups in total. The smallest absolute Gasteiger partial charge is 0.310 e. The number of rotatable bonds is 46. The van der Waals surface area contributed by atoms with Crippen molar-refractivity contribution in [3.8, 4) is 0 Å². The molecule has 0 bridgehead atoms. The highest BCUT2D eigenvalue weighted by Crippen LogP contribution is 2.13. The highest BCUT2D eigenvalue weighted by atomic mass is 16.6. The predicted octanol–water partition coefficient (Wildman–Crippen LogP) is 17.8. The van der Waals surface area contributed by atoms with Gasteiger partial charge in [-0.25, -0.2) is 0 Å². The van der Waals surface area contributed by atoms with Crippen molar-refractivity contribution < 1.29 is 23.8 Å². The highest BCUT2D eigenvalue weighted by Gasteiger charge is 2.17. The first-order valence-electron chi connectivity index (χ1n) is 26.1. The van der Waals surface area contributed by atoms with Crippen molar-refractivity contribution in [2.24, 2.45) is 0 Å². The average molecular weight is 885 g/mol. The van der Waals surface area contributed by atoms with E-state index in [9.17, 15) is 9.59 Å². The zero-order valence-electron chi connectivity index (χ0n) is 41.5. The zero-order chi connectivity index (χ0) is 46.3. The van der Waals surface area contributed by atoms with Crippen LogP contribution in [0.4, 0.5) is 0 Å². The van der Waals surface area contributed by atoms with E-state index in [1.165, 1.54) is 77.0 Å². The molecule has 0 aliphatic carbocycles. The maximum absolute atomic E-state index is 12.7. The van der Waals surface area contributed by atoms with Gasteiger partial charge in [-0.2, -0.15) is 0 Å². The number of unbranched alkanes of at least 4 members (excludes halogenated alkanes) is 16. The van der Waals surface area contributed by atoms with Gasteiger partial charge in [0, 0.05) is 13.0 Å². The van der Waals surface area contributed by atoms with Crippen LogP contribution in [0, 0.1) is 0 Å². The molecule has 1 atom stereocenters. The molecule has 5 heteroatoms. The number of hydrogen-bond donors (Lipinski definition) is 0. The largest absolute Gasteiger partial charge is 0.462 e. The van der Waals surface area contributed by atoms with Gasteiger partial charge in [0.15, 0.2) is 6.10 Å². The molecule has 0 aliphatic heterocycles. The normalized spacial score (nSPS) is 13.2. The molecule has 0 amide bonds. The van der Waals surface area contributed by atoms with Crippen LogP contribution in [0.2, 0.25) is 0 Å². The summed E-state index contributed by atoms with van der Waals surface area (Å²) < 4.78 is 17.3. The Balaban J connectivity index is 4.42. The Labute approximate surface area is 395 Å². The van der Waals surface area contributed by atoms with Crippen LogP contribution < -0.4 is 0 Å². The van der Waals surface area contributed by atoms with Crippen molar-refractivity contribution in [3.63, 3.8) is 0 Å². The molecular weight excluding hydrogens is 789 g/mol. The van der Waals surface area contributed by atoms with E-state index in [1.807, 2.05) is 12.2 Å². The van der Waals surface area contributed by atoms with Gasteiger partial charge in [-0.05, 0) is 109 Å². The molecule has 5 nitrogen and oxygen atoms in total. The Bertz CT molecular complexity index is 1320. The molecule has 0 rings (SSSR count). The van der Waals surface area contributed by atoms with E-state index < -0.39 is 6.10 Å². The fraction of sp³-hybridized carbons (Fsp3) is 0.627. The second-order valence-corrected chi connectivity index (χ2v) is 16.7. The lowest BCUT2D eigenvalue weighted by atomic mass is 10.1. The standard InChI is InChI=1S/C59H96O5/c1-4-7-10-13-16-19-22-25-28-29-30-31-33-34-37-40-43-46-49-52-58(60)63-56-57(55-62-54-51-48-45-42-39-36-27-24-21-18-15-12-9-6-3)64-59(61)53-50-47-44-41-38-35-32-26-23-20-17-14-11-8-5-2/h8-9,11-12,16-21,25-28,32,36,38,41,47,50,57H,4-7,10,13-15,22-24,29-31,33-35,37,39-40,42-46,48-49,51-56H2,1-3H3/b11-8-,12-9-,19-16-,20-17-,21-18-,28-25-,32-26-,36-27-,41-38-,50-47-. The molecule has 0 radical (unpaired) electrons. The van der Waals surface area contributed by atoms with Crippen molar-refractivity contribution in [1.29, 1.82) is 0 Å². The van der Waals surface area contributed by atoms with E-state index in [1.54, 1.807) is 0 Å². The van der Waals surface area contributed by atoms with Gasteiger partial charge < -0.3 is 14.2 Å². The minimum atomic E-state index is -0.612. The maximum atomic E-state index is 12.7. The molecule has 0 fully saturated rings. The molecule has 362 valence electrons. The van der Waals surface area contributed by atoms with Gasteiger partial charge in [-0.3, -0.25) is 9.59 Å². The van der Waals surface area contributed by atoms with Crippen LogP contribution in [0.1, 0.15) is 213 Å². The summed E-state index contributed by atoms with van der Waals surface area (Å²) in [4.78, 5) is 25.4. The first kappa shape index (κ1) is 60.3. The molecule has 0 aromatic heterocycles. The maximum Gasteiger partial charge on any atom is 0.310 e. The summed E-state index contributed by atoms with van der Waals surface area (Å²) in [6.07, 6.45) is 75.2. The highest BCUT2D eigenvalue weighted by molar-refractivity contribution is 5.71. The zero-order valence-corrected chi connectivity index (χ0v) is 41.5. The van der Waals surface area contributed by atoms with E-state index in [0.29, 0.717) is 13.0 Å². The van der Waals surface area contributed by atoms with Crippen LogP contribution >= 0.6 is 0 Å². The topological polar surface area (TPSA) is 61.8 Å². The Hall–Kier alpha value is -3.70. The summed E-state index contributed by atoms with van der Waals surface area (Å²) in [7, 11) is 0. The first-order chi connectivity index (χ1) is 31.6. The van der Waals surface area contributed by atoms with Gasteiger partial charge in [0.1, 0.15) is 6.61 Å². The van der Waals surface area contributed by atoms with Crippen molar-refractivity contribution in [2.45, 2.75) is 219 Å². The fourth-order valence-corrected chi connectivity index (χ4v) is 6.69. The van der Waals surface area contributed by atoms with Crippen LogP contribution in [-0.2, 0) is 23.8 Å². The van der Waals surface area contributed by atoms with Gasteiger partial charge in [-0.15, -0.1) is 0 Å². The van der Waals surface area contributed by atoms with E-state index in [0.717, 1.165) is 103 Å². The molecular formula is C59H96O5. The molecule has 0 spiro atoms. The molecule has 0 aromatic rings. The minimum absolute atomic E-state index is 0.0270. The lowest BCUT2D eigenvalue weighted by Crippen LogP contribution is -2.29. The summed E-state index contributed by atoms with van der Waals surface area (Å²) in [6, 6.07) is 0. The number of allylic oxidation sites excluding steroid dienone is 19. The van der Waals surface area contributed by atoms with Gasteiger partial charge in [0.2, 0.25) is 0 Å². The van der Waals surface area contributed by atoms with Gasteiger partial charge in [0.25, 0.3) is 0 Å². The number of carbonyl (C=O) groups is 2. The van der Waals surface area contributed by atoms with Crippen molar-refractivity contribution >= 4 is 11.9 Å². The fourth-order valence-electron chi connectivity index (χ4n) is 6.69. The number of esters is 2. The molecule has 1 unspecified atom stereocenters. The van der Waals surface area contributed by atoms with E-state index >= 15 is 0 Å².